The van der Waals surface area contributed by atoms with Crippen molar-refractivity contribution in [3.63, 3.8) is 0 Å². The van der Waals surface area contributed by atoms with Gasteiger partial charge in [0.25, 0.3) is 0 Å². The van der Waals surface area contributed by atoms with E-state index in [1.165, 1.54) is 11.3 Å². The number of carbonyl (C=O) groups is 2. The van der Waals surface area contributed by atoms with Gasteiger partial charge in [0.05, 0.1) is 10.9 Å². The molecule has 1 aromatic heterocycles. The first-order chi connectivity index (χ1) is 9.52. The largest absolute Gasteiger partial charge is 0.340 e. The third kappa shape index (κ3) is 2.23. The number of rotatable bonds is 2. The van der Waals surface area contributed by atoms with Crippen molar-refractivity contribution in [1.82, 2.24) is 10.2 Å². The van der Waals surface area contributed by atoms with Crippen molar-refractivity contribution < 1.29 is 9.59 Å². The molecule has 2 fully saturated rings. The highest BCUT2D eigenvalue weighted by atomic mass is 35.5. The molecule has 1 saturated carbocycles. The fourth-order valence-corrected chi connectivity index (χ4v) is 4.20. The van der Waals surface area contributed by atoms with Crippen molar-refractivity contribution >= 4 is 34.8 Å². The summed E-state index contributed by atoms with van der Waals surface area (Å²) < 4.78 is 0.706. The van der Waals surface area contributed by atoms with Gasteiger partial charge in [0.15, 0.2) is 0 Å². The predicted octanol–water partition coefficient (Wildman–Crippen LogP) is 2.56. The highest BCUT2D eigenvalue weighted by Crippen LogP contribution is 2.35. The second-order valence-electron chi connectivity index (χ2n) is 5.59. The summed E-state index contributed by atoms with van der Waals surface area (Å²) in [5.41, 5.74) is -0.648. The fourth-order valence-electron chi connectivity index (χ4n) is 3.12. The van der Waals surface area contributed by atoms with Crippen LogP contribution in [0.4, 0.5) is 0 Å². The minimum absolute atomic E-state index is 0.0471. The molecular weight excluding hydrogens is 296 g/mol. The number of amides is 2. The first-order valence-corrected chi connectivity index (χ1v) is 8.09. The lowest BCUT2D eigenvalue weighted by molar-refractivity contribution is -0.154. The highest BCUT2D eigenvalue weighted by molar-refractivity contribution is 7.16. The molecule has 2 aliphatic rings. The third-order valence-corrected chi connectivity index (χ3v) is 5.51. The van der Waals surface area contributed by atoms with E-state index in [2.05, 4.69) is 5.32 Å². The number of hydrogen-bond acceptors (Lipinski definition) is 3. The lowest BCUT2D eigenvalue weighted by Gasteiger charge is -2.43. The number of piperazine rings is 1. The van der Waals surface area contributed by atoms with E-state index in [0.717, 1.165) is 30.6 Å². The SMILES string of the molecule is CC1C(=O)NC2(CCCC2)C(=O)N1Cc1ccc(Cl)s1. The molecule has 1 atom stereocenters. The van der Waals surface area contributed by atoms with Crippen LogP contribution in [0.25, 0.3) is 0 Å². The van der Waals surface area contributed by atoms with Crippen molar-refractivity contribution in [3.05, 3.63) is 21.3 Å². The highest BCUT2D eigenvalue weighted by Gasteiger charge is 2.50. The molecule has 0 aromatic carbocycles. The smallest absolute Gasteiger partial charge is 0.249 e. The summed E-state index contributed by atoms with van der Waals surface area (Å²) in [5.74, 6) is 0.0146. The minimum Gasteiger partial charge on any atom is -0.340 e. The second kappa shape index (κ2) is 5.04. The Balaban J connectivity index is 1.86. The van der Waals surface area contributed by atoms with Gasteiger partial charge in [-0.25, -0.2) is 0 Å². The Hall–Kier alpha value is -1.07. The molecule has 4 nitrogen and oxygen atoms in total. The van der Waals surface area contributed by atoms with Crippen LogP contribution in [0.15, 0.2) is 12.1 Å². The Bertz CT molecular complexity index is 551. The number of halogens is 1. The van der Waals surface area contributed by atoms with Gasteiger partial charge in [0, 0.05) is 4.88 Å². The van der Waals surface area contributed by atoms with Crippen molar-refractivity contribution in [2.75, 3.05) is 0 Å². The maximum absolute atomic E-state index is 12.8. The first-order valence-electron chi connectivity index (χ1n) is 6.89. The molecule has 108 valence electrons. The summed E-state index contributed by atoms with van der Waals surface area (Å²) in [6.45, 7) is 2.25. The zero-order valence-corrected chi connectivity index (χ0v) is 12.9. The third-order valence-electron chi connectivity index (χ3n) is 4.29. The van der Waals surface area contributed by atoms with Crippen molar-refractivity contribution in [1.29, 1.82) is 0 Å². The van der Waals surface area contributed by atoms with Gasteiger partial charge < -0.3 is 10.2 Å². The van der Waals surface area contributed by atoms with Crippen LogP contribution in [0.1, 0.15) is 37.5 Å². The molecule has 0 radical (unpaired) electrons. The molecule has 2 amide bonds. The molecule has 20 heavy (non-hydrogen) atoms. The van der Waals surface area contributed by atoms with E-state index in [0.29, 0.717) is 10.9 Å². The van der Waals surface area contributed by atoms with Crippen LogP contribution < -0.4 is 5.32 Å². The van der Waals surface area contributed by atoms with Crippen molar-refractivity contribution in [2.24, 2.45) is 0 Å². The summed E-state index contributed by atoms with van der Waals surface area (Å²) in [4.78, 5) is 27.7. The maximum Gasteiger partial charge on any atom is 0.249 e. The van der Waals surface area contributed by atoms with E-state index in [1.54, 1.807) is 11.8 Å². The molecule has 1 unspecified atom stereocenters. The number of hydrogen-bond donors (Lipinski definition) is 1. The van der Waals surface area contributed by atoms with Crippen LogP contribution >= 0.6 is 22.9 Å². The topological polar surface area (TPSA) is 49.4 Å². The van der Waals surface area contributed by atoms with Gasteiger partial charge in [0.2, 0.25) is 11.8 Å². The number of nitrogens with one attached hydrogen (secondary N) is 1. The Morgan fingerprint density at radius 3 is 2.70 bits per heavy atom. The molecule has 1 spiro atoms. The van der Waals surface area contributed by atoms with E-state index < -0.39 is 11.6 Å². The Morgan fingerprint density at radius 2 is 2.10 bits per heavy atom. The van der Waals surface area contributed by atoms with Gasteiger partial charge >= 0.3 is 0 Å². The predicted molar refractivity (Wildman–Crippen MR) is 78.7 cm³/mol. The monoisotopic (exact) mass is 312 g/mol. The van der Waals surface area contributed by atoms with Gasteiger partial charge in [-0.3, -0.25) is 9.59 Å². The summed E-state index contributed by atoms with van der Waals surface area (Å²) in [7, 11) is 0. The maximum atomic E-state index is 12.8. The molecule has 1 aliphatic heterocycles. The standard InChI is InChI=1S/C14H17ClN2O2S/c1-9-12(18)16-14(6-2-3-7-14)13(19)17(9)8-10-4-5-11(15)20-10/h4-5,9H,2-3,6-8H2,1H3,(H,16,18). The molecule has 1 aromatic rings. The Morgan fingerprint density at radius 1 is 1.40 bits per heavy atom. The van der Waals surface area contributed by atoms with Gasteiger partial charge in [-0.2, -0.15) is 0 Å². The van der Waals surface area contributed by atoms with E-state index >= 15 is 0 Å². The van der Waals surface area contributed by atoms with Crippen LogP contribution in [-0.4, -0.2) is 28.3 Å². The lowest BCUT2D eigenvalue weighted by atomic mass is 9.91. The van der Waals surface area contributed by atoms with Gasteiger partial charge in [0.1, 0.15) is 11.6 Å². The summed E-state index contributed by atoms with van der Waals surface area (Å²) in [5, 5.41) is 2.96. The average molecular weight is 313 g/mol. The molecule has 3 rings (SSSR count). The molecule has 0 bridgehead atoms. The average Bonchev–Trinajstić information content (AvgIpc) is 3.03. The van der Waals surface area contributed by atoms with E-state index in [1.807, 2.05) is 12.1 Å². The van der Waals surface area contributed by atoms with Crippen molar-refractivity contribution in [3.8, 4) is 0 Å². The molecule has 1 saturated heterocycles. The Kier molecular flexibility index (Phi) is 3.50. The second-order valence-corrected chi connectivity index (χ2v) is 7.39. The van der Waals surface area contributed by atoms with E-state index in [-0.39, 0.29) is 11.8 Å². The van der Waals surface area contributed by atoms with Crippen LogP contribution in [-0.2, 0) is 16.1 Å². The van der Waals surface area contributed by atoms with Gasteiger partial charge in [-0.1, -0.05) is 24.4 Å². The number of carbonyl (C=O) groups excluding carboxylic acids is 2. The molecule has 6 heteroatoms. The quantitative estimate of drug-likeness (QED) is 0.912. The van der Waals surface area contributed by atoms with Crippen LogP contribution in [0, 0.1) is 0 Å². The van der Waals surface area contributed by atoms with E-state index in [4.69, 9.17) is 11.6 Å². The van der Waals surface area contributed by atoms with Crippen molar-refractivity contribution in [2.45, 2.75) is 50.7 Å². The van der Waals surface area contributed by atoms with Gasteiger partial charge in [-0.05, 0) is 31.9 Å². The molecule has 2 heterocycles. The summed E-state index contributed by atoms with van der Waals surface area (Å²) in [6, 6.07) is 3.32. The zero-order valence-electron chi connectivity index (χ0n) is 11.3. The molecule has 1 N–H and O–H groups in total. The van der Waals surface area contributed by atoms with Gasteiger partial charge in [-0.15, -0.1) is 11.3 Å². The summed E-state index contributed by atoms with van der Waals surface area (Å²) in [6.07, 6.45) is 3.51. The Labute approximate surface area is 127 Å². The number of thiophene rings is 1. The number of nitrogens with zero attached hydrogens (tertiary/aromatic N) is 1. The molecular formula is C14H17ClN2O2S. The minimum atomic E-state index is -0.648. The summed E-state index contributed by atoms with van der Waals surface area (Å²) >= 11 is 7.39. The van der Waals surface area contributed by atoms with Crippen LogP contribution in [0.2, 0.25) is 4.34 Å². The molecule has 1 aliphatic carbocycles. The lowest BCUT2D eigenvalue weighted by Crippen LogP contribution is -2.68. The normalized spacial score (nSPS) is 25.3. The zero-order chi connectivity index (χ0) is 14.3. The van der Waals surface area contributed by atoms with E-state index in [9.17, 15) is 9.59 Å². The fraction of sp³-hybridized carbons (Fsp3) is 0.571. The van der Waals surface area contributed by atoms with Crippen LogP contribution in [0.3, 0.4) is 0 Å². The first kappa shape index (κ1) is 13.9. The van der Waals surface area contributed by atoms with Crippen LogP contribution in [0.5, 0.6) is 0 Å².